The van der Waals surface area contributed by atoms with Gasteiger partial charge in [0.25, 0.3) is 0 Å². The minimum absolute atomic E-state index is 0.0370. The molecule has 0 spiro atoms. The maximum absolute atomic E-state index is 11.8. The van der Waals surface area contributed by atoms with Crippen LogP contribution in [0.2, 0.25) is 0 Å². The third-order valence-electron chi connectivity index (χ3n) is 2.90. The van der Waals surface area contributed by atoms with Gasteiger partial charge in [-0.15, -0.1) is 0 Å². The summed E-state index contributed by atoms with van der Waals surface area (Å²) < 4.78 is 15.5. The van der Waals surface area contributed by atoms with Crippen molar-refractivity contribution >= 4 is 11.8 Å². The quantitative estimate of drug-likeness (QED) is 0.697. The Balaban J connectivity index is 2.72. The lowest BCUT2D eigenvalue weighted by Crippen LogP contribution is -2.49. The van der Waals surface area contributed by atoms with Crippen LogP contribution in [0.4, 0.5) is 0 Å². The summed E-state index contributed by atoms with van der Waals surface area (Å²) >= 11 is 0. The molecule has 1 heterocycles. The molecule has 0 saturated carbocycles. The molecule has 0 aromatic heterocycles. The summed E-state index contributed by atoms with van der Waals surface area (Å²) in [4.78, 5) is 23.0. The molecule has 5 heteroatoms. The summed E-state index contributed by atoms with van der Waals surface area (Å²) in [6.07, 6.45) is 0.295. The van der Waals surface area contributed by atoms with Crippen molar-refractivity contribution < 1.29 is 23.8 Å². The summed E-state index contributed by atoms with van der Waals surface area (Å²) in [5.41, 5.74) is 0. The van der Waals surface area contributed by atoms with E-state index < -0.39 is 11.9 Å². The molecule has 0 aliphatic carbocycles. The van der Waals surface area contributed by atoms with E-state index in [-0.39, 0.29) is 30.7 Å². The van der Waals surface area contributed by atoms with E-state index >= 15 is 0 Å². The first kappa shape index (κ1) is 14.1. The van der Waals surface area contributed by atoms with Gasteiger partial charge in [-0.1, -0.05) is 6.92 Å². The Morgan fingerprint density at radius 3 is 2.76 bits per heavy atom. The predicted molar refractivity (Wildman–Crippen MR) is 60.3 cm³/mol. The van der Waals surface area contributed by atoms with Gasteiger partial charge in [0, 0.05) is 5.92 Å². The minimum atomic E-state index is -0.776. The number of ether oxygens (including phenoxy) is 3. The zero-order chi connectivity index (χ0) is 13.1. The van der Waals surface area contributed by atoms with E-state index in [1.165, 1.54) is 7.11 Å². The van der Waals surface area contributed by atoms with E-state index in [1.54, 1.807) is 13.8 Å². The number of Topliss-reactive ketones (excluding diaryl/α,β-unsaturated/α-hetero) is 1. The molecule has 1 saturated heterocycles. The fraction of sp³-hybridized carbons (Fsp3) is 0.833. The normalized spacial score (nSPS) is 25.4. The van der Waals surface area contributed by atoms with Crippen LogP contribution in [0.1, 0.15) is 33.6 Å². The van der Waals surface area contributed by atoms with Crippen LogP contribution in [0.15, 0.2) is 0 Å². The van der Waals surface area contributed by atoms with E-state index in [2.05, 4.69) is 4.74 Å². The van der Waals surface area contributed by atoms with Crippen LogP contribution >= 0.6 is 0 Å². The molecule has 1 aliphatic rings. The number of ketones is 1. The Hall–Kier alpha value is -0.940. The van der Waals surface area contributed by atoms with E-state index in [0.717, 1.165) is 0 Å². The van der Waals surface area contributed by atoms with Crippen molar-refractivity contribution in [2.24, 2.45) is 5.92 Å². The first-order chi connectivity index (χ1) is 7.89. The first-order valence-corrected chi connectivity index (χ1v) is 5.81. The Labute approximate surface area is 101 Å². The van der Waals surface area contributed by atoms with E-state index in [9.17, 15) is 9.59 Å². The summed E-state index contributed by atoms with van der Waals surface area (Å²) in [6.45, 7) is 5.48. The lowest BCUT2D eigenvalue weighted by Gasteiger charge is -2.38. The molecule has 0 aromatic rings. The molecule has 2 atom stereocenters. The Morgan fingerprint density at radius 2 is 2.24 bits per heavy atom. The van der Waals surface area contributed by atoms with Gasteiger partial charge in [-0.05, 0) is 20.3 Å². The fourth-order valence-electron chi connectivity index (χ4n) is 1.85. The number of methoxy groups -OCH3 is 1. The van der Waals surface area contributed by atoms with Gasteiger partial charge in [0.15, 0.2) is 11.6 Å². The largest absolute Gasteiger partial charge is 0.469 e. The zero-order valence-electron chi connectivity index (χ0n) is 10.8. The highest BCUT2D eigenvalue weighted by Gasteiger charge is 2.39. The van der Waals surface area contributed by atoms with Crippen molar-refractivity contribution in [3.8, 4) is 0 Å². The molecule has 0 unspecified atom stereocenters. The highest BCUT2D eigenvalue weighted by molar-refractivity contribution is 5.85. The van der Waals surface area contributed by atoms with Crippen molar-refractivity contribution in [3.63, 3.8) is 0 Å². The summed E-state index contributed by atoms with van der Waals surface area (Å²) in [5, 5.41) is 0. The number of rotatable bonds is 4. The van der Waals surface area contributed by atoms with Crippen molar-refractivity contribution in [1.29, 1.82) is 0 Å². The lowest BCUT2D eigenvalue weighted by atomic mass is 9.92. The van der Waals surface area contributed by atoms with Crippen LogP contribution in [0.25, 0.3) is 0 Å². The van der Waals surface area contributed by atoms with Gasteiger partial charge in [-0.2, -0.15) is 0 Å². The molecule has 98 valence electrons. The summed E-state index contributed by atoms with van der Waals surface area (Å²) in [5.74, 6) is -1.36. The molecule has 0 amide bonds. The highest BCUT2D eigenvalue weighted by Crippen LogP contribution is 2.28. The fourth-order valence-corrected chi connectivity index (χ4v) is 1.85. The van der Waals surface area contributed by atoms with Crippen molar-refractivity contribution in [2.45, 2.75) is 45.5 Å². The smallest absolute Gasteiger partial charge is 0.305 e. The summed E-state index contributed by atoms with van der Waals surface area (Å²) in [6, 6.07) is 0. The molecular weight excluding hydrogens is 224 g/mol. The van der Waals surface area contributed by atoms with Crippen molar-refractivity contribution in [2.75, 3.05) is 13.7 Å². The van der Waals surface area contributed by atoms with Crippen molar-refractivity contribution in [1.82, 2.24) is 0 Å². The van der Waals surface area contributed by atoms with Gasteiger partial charge in [-0.3, -0.25) is 9.59 Å². The molecular formula is C12H20O5. The molecule has 0 N–H and O–H groups in total. The third kappa shape index (κ3) is 3.78. The van der Waals surface area contributed by atoms with Crippen LogP contribution in [0.3, 0.4) is 0 Å². The maximum atomic E-state index is 11.8. The van der Waals surface area contributed by atoms with E-state index in [0.29, 0.717) is 6.42 Å². The second kappa shape index (κ2) is 5.60. The maximum Gasteiger partial charge on any atom is 0.305 e. The molecule has 0 radical (unpaired) electrons. The SMILES string of the molecule is CC[C@H](CC(=O)OC)[C@@H]1OC(C)(C)OCC1=O. The third-order valence-corrected chi connectivity index (χ3v) is 2.90. The van der Waals surface area contributed by atoms with Gasteiger partial charge >= 0.3 is 5.97 Å². The van der Waals surface area contributed by atoms with Crippen LogP contribution < -0.4 is 0 Å². The van der Waals surface area contributed by atoms with Crippen LogP contribution in [-0.2, 0) is 23.8 Å². The average molecular weight is 244 g/mol. The number of carbonyl (C=O) groups excluding carboxylic acids is 2. The van der Waals surface area contributed by atoms with E-state index in [1.807, 2.05) is 6.92 Å². The van der Waals surface area contributed by atoms with E-state index in [4.69, 9.17) is 9.47 Å². The molecule has 1 fully saturated rings. The van der Waals surface area contributed by atoms with Gasteiger partial charge in [0.1, 0.15) is 12.7 Å². The second-order valence-electron chi connectivity index (χ2n) is 4.64. The number of esters is 1. The van der Waals surface area contributed by atoms with Gasteiger partial charge in [-0.25, -0.2) is 0 Å². The topological polar surface area (TPSA) is 61.8 Å². The predicted octanol–water partition coefficient (Wildman–Crippen LogP) is 1.30. The van der Waals surface area contributed by atoms with Crippen LogP contribution in [0.5, 0.6) is 0 Å². The number of hydrogen-bond donors (Lipinski definition) is 0. The first-order valence-electron chi connectivity index (χ1n) is 5.81. The molecule has 0 aromatic carbocycles. The number of hydrogen-bond acceptors (Lipinski definition) is 5. The number of carbonyl (C=O) groups is 2. The van der Waals surface area contributed by atoms with Crippen LogP contribution in [-0.4, -0.2) is 37.4 Å². The average Bonchev–Trinajstić information content (AvgIpc) is 2.29. The van der Waals surface area contributed by atoms with Gasteiger partial charge in [0.05, 0.1) is 13.5 Å². The molecule has 17 heavy (non-hydrogen) atoms. The molecule has 1 rings (SSSR count). The van der Waals surface area contributed by atoms with Crippen LogP contribution in [0, 0.1) is 5.92 Å². The van der Waals surface area contributed by atoms with Gasteiger partial charge < -0.3 is 14.2 Å². The Kier molecular flexibility index (Phi) is 4.65. The molecule has 0 bridgehead atoms. The minimum Gasteiger partial charge on any atom is -0.469 e. The zero-order valence-corrected chi connectivity index (χ0v) is 10.8. The van der Waals surface area contributed by atoms with Crippen molar-refractivity contribution in [3.05, 3.63) is 0 Å². The summed E-state index contributed by atoms with van der Waals surface area (Å²) in [7, 11) is 1.34. The Bertz CT molecular complexity index is 297. The standard InChI is InChI=1S/C12H20O5/c1-5-8(6-10(14)15-4)11-9(13)7-16-12(2,3)17-11/h8,11H,5-7H2,1-4H3/t8-,11+/m1/s1. The van der Waals surface area contributed by atoms with Gasteiger partial charge in [0.2, 0.25) is 0 Å². The molecule has 5 nitrogen and oxygen atoms in total. The second-order valence-corrected chi connectivity index (χ2v) is 4.64. The Morgan fingerprint density at radius 1 is 1.59 bits per heavy atom. The molecule has 1 aliphatic heterocycles. The monoisotopic (exact) mass is 244 g/mol. The highest BCUT2D eigenvalue weighted by atomic mass is 16.7. The lowest BCUT2D eigenvalue weighted by molar-refractivity contribution is -0.266.